The van der Waals surface area contributed by atoms with Crippen LogP contribution in [0.25, 0.3) is 0 Å². The number of rotatable bonds is 2. The van der Waals surface area contributed by atoms with Gasteiger partial charge in [-0.1, -0.05) is 0 Å². The van der Waals surface area contributed by atoms with E-state index in [1.54, 1.807) is 5.20 Å². The molecular formula is C12H28Cl3SiTi. The first-order chi connectivity index (χ1) is 5.99. The molecule has 1 rings (SSSR count). The van der Waals surface area contributed by atoms with Crippen molar-refractivity contribution < 1.29 is 15.3 Å². The summed E-state index contributed by atoms with van der Waals surface area (Å²) in [5.74, 6) is 0. The first-order valence-corrected chi connectivity index (χ1v) is 16.2. The zero-order valence-electron chi connectivity index (χ0n) is 12.1. The Kier molecular flexibility index (Phi) is 9.12. The van der Waals surface area contributed by atoms with Crippen molar-refractivity contribution in [3.63, 3.8) is 0 Å². The summed E-state index contributed by atoms with van der Waals surface area (Å²) in [5, 5.41) is 11.9. The first-order valence-electron chi connectivity index (χ1n) is 5.63. The standard InChI is InChI=1S/C8H13Si.4CH3.3ClH.Ti/c1-9(2,3)8-6-4-5-7-8;;;;;;;;/h4,6H,5H2,1-3H3;4*1H3;3*1H;. The predicted octanol–water partition coefficient (Wildman–Crippen LogP) is 6.23. The number of allylic oxidation sites excluding steroid dienone is 4. The summed E-state index contributed by atoms with van der Waals surface area (Å²) in [6.45, 7) is 7.40. The van der Waals surface area contributed by atoms with Gasteiger partial charge < -0.3 is 0 Å². The molecule has 0 radical (unpaired) electrons. The van der Waals surface area contributed by atoms with Gasteiger partial charge in [0.05, 0.1) is 0 Å². The van der Waals surface area contributed by atoms with E-state index in [0.29, 0.717) is 0 Å². The maximum Gasteiger partial charge on any atom is -0.147 e. The average Bonchev–Trinajstić information content (AvgIpc) is 2.25. The number of hydrogen-bond acceptors (Lipinski definition) is 0. The van der Waals surface area contributed by atoms with E-state index >= 15 is 0 Å². The van der Waals surface area contributed by atoms with Gasteiger partial charge in [0.1, 0.15) is 0 Å². The summed E-state index contributed by atoms with van der Waals surface area (Å²) < 4.78 is 1.85. The summed E-state index contributed by atoms with van der Waals surface area (Å²) in [7, 11) is -1.10. The average molecular weight is 355 g/mol. The minimum absolute atomic E-state index is 0. The van der Waals surface area contributed by atoms with Gasteiger partial charge in [-0.3, -0.25) is 0 Å². The molecule has 0 aromatic heterocycles. The minimum atomic E-state index is -2.19. The molecule has 0 unspecified atom stereocenters. The zero-order chi connectivity index (χ0) is 11.2. The van der Waals surface area contributed by atoms with Crippen LogP contribution < -0.4 is 0 Å². The quantitative estimate of drug-likeness (QED) is 0.516. The van der Waals surface area contributed by atoms with Gasteiger partial charge >= 0.3 is 91.6 Å². The molecule has 0 atom stereocenters. The molecule has 0 aromatic carbocycles. The molecule has 0 bridgehead atoms. The van der Waals surface area contributed by atoms with Crippen LogP contribution in [-0.2, 0) is 15.3 Å². The van der Waals surface area contributed by atoms with E-state index in [4.69, 9.17) is 0 Å². The van der Waals surface area contributed by atoms with Crippen LogP contribution in [0.4, 0.5) is 0 Å². The van der Waals surface area contributed by atoms with Crippen molar-refractivity contribution in [1.29, 1.82) is 0 Å². The molecule has 5 heteroatoms. The first kappa shape index (κ1) is 23.4. The summed E-state index contributed by atoms with van der Waals surface area (Å²) >= 11 is -2.19. The Morgan fingerprint density at radius 1 is 0.941 bits per heavy atom. The fourth-order valence-electron chi connectivity index (χ4n) is 2.15. The van der Waals surface area contributed by atoms with Crippen LogP contribution in [0.5, 0.6) is 0 Å². The second kappa shape index (κ2) is 6.63. The van der Waals surface area contributed by atoms with Crippen molar-refractivity contribution in [2.24, 2.45) is 0 Å². The molecule has 0 saturated carbocycles. The molecule has 0 heterocycles. The maximum absolute atomic E-state index is 2.54. The monoisotopic (exact) mass is 353 g/mol. The molecule has 0 aromatic rings. The van der Waals surface area contributed by atoms with E-state index in [-0.39, 0.29) is 37.2 Å². The summed E-state index contributed by atoms with van der Waals surface area (Å²) in [6.07, 6.45) is 6.05. The third kappa shape index (κ3) is 6.31. The van der Waals surface area contributed by atoms with E-state index in [0.717, 1.165) is 0 Å². The molecule has 0 nitrogen and oxygen atoms in total. The van der Waals surface area contributed by atoms with Crippen molar-refractivity contribution in [1.82, 2.24) is 0 Å². The van der Waals surface area contributed by atoms with Crippen LogP contribution in [0.15, 0.2) is 21.2 Å². The number of halogens is 3. The van der Waals surface area contributed by atoms with Gasteiger partial charge in [-0.15, -0.1) is 37.2 Å². The molecule has 0 saturated heterocycles. The van der Waals surface area contributed by atoms with Crippen LogP contribution in [0.3, 0.4) is 0 Å². The molecule has 0 fully saturated rings. The maximum atomic E-state index is 2.54. The third-order valence-electron chi connectivity index (χ3n) is 2.95. The Bertz CT molecular complexity index is 310. The van der Waals surface area contributed by atoms with Crippen molar-refractivity contribution in [3.05, 3.63) is 21.2 Å². The van der Waals surface area contributed by atoms with Crippen molar-refractivity contribution in [2.45, 2.75) is 47.0 Å². The fourth-order valence-corrected chi connectivity index (χ4v) is 10.9. The Hall–Kier alpha value is 1.28. The van der Waals surface area contributed by atoms with E-state index in [1.165, 1.54) is 6.42 Å². The summed E-state index contributed by atoms with van der Waals surface area (Å²) in [4.78, 5) is 0. The van der Waals surface area contributed by atoms with Gasteiger partial charge in [0, 0.05) is 0 Å². The van der Waals surface area contributed by atoms with Crippen LogP contribution in [0, 0.1) is 0 Å². The third-order valence-corrected chi connectivity index (χ3v) is 9.93. The van der Waals surface area contributed by atoms with Gasteiger partial charge in [-0.25, -0.2) is 0 Å². The molecule has 1 aliphatic rings. The molecule has 17 heavy (non-hydrogen) atoms. The second-order valence-corrected chi connectivity index (χ2v) is 26.2. The van der Waals surface area contributed by atoms with Gasteiger partial charge in [0.2, 0.25) is 0 Å². The van der Waals surface area contributed by atoms with Gasteiger partial charge in [-0.05, 0) is 0 Å². The van der Waals surface area contributed by atoms with E-state index in [1.807, 2.05) is 3.88 Å². The van der Waals surface area contributed by atoms with E-state index < -0.39 is 23.4 Å². The Morgan fingerprint density at radius 2 is 1.35 bits per heavy atom. The summed E-state index contributed by atoms with van der Waals surface area (Å²) in [6, 6.07) is 0. The molecular weight excluding hydrogens is 326 g/mol. The van der Waals surface area contributed by atoms with Gasteiger partial charge in [0.25, 0.3) is 0 Å². The molecule has 0 N–H and O–H groups in total. The predicted molar refractivity (Wildman–Crippen MR) is 89.3 cm³/mol. The molecule has 1 aliphatic carbocycles. The number of hydrogen-bond donors (Lipinski definition) is 0. The van der Waals surface area contributed by atoms with Crippen molar-refractivity contribution in [2.75, 3.05) is 0 Å². The zero-order valence-corrected chi connectivity index (χ0v) is 17.1. The molecule has 105 valence electrons. The minimum Gasteiger partial charge on any atom is -0.147 e. The topological polar surface area (TPSA) is 0 Å². The van der Waals surface area contributed by atoms with Crippen LogP contribution in [0.1, 0.15) is 6.42 Å². The molecule has 0 aliphatic heterocycles. The van der Waals surface area contributed by atoms with E-state index in [9.17, 15) is 0 Å². The normalized spacial score (nSPS) is 17.5. The van der Waals surface area contributed by atoms with Gasteiger partial charge in [-0.2, -0.15) is 0 Å². The van der Waals surface area contributed by atoms with Crippen molar-refractivity contribution >= 4 is 45.3 Å². The smallest absolute Gasteiger partial charge is 0.147 e. The Morgan fingerprint density at radius 3 is 1.59 bits per heavy atom. The van der Waals surface area contributed by atoms with Gasteiger partial charge in [0.15, 0.2) is 0 Å². The molecule has 0 spiro atoms. The Balaban J connectivity index is -0.000000653. The largest absolute Gasteiger partial charge is 0.147 e. The van der Waals surface area contributed by atoms with Crippen LogP contribution in [-0.4, -0.2) is 8.07 Å². The second-order valence-electron chi connectivity index (χ2n) is 7.75. The van der Waals surface area contributed by atoms with Crippen LogP contribution in [0.2, 0.25) is 40.6 Å². The SMILES string of the molecule is C[Si](C)(C)C1=[C]([Ti]([CH3])([CH3])([CH3])[CH3])CC=C1.Cl.Cl.Cl. The van der Waals surface area contributed by atoms with Crippen LogP contribution >= 0.6 is 37.2 Å². The Labute approximate surface area is 128 Å². The molecule has 0 amide bonds. The summed E-state index contributed by atoms with van der Waals surface area (Å²) in [5.41, 5.74) is 0. The fraction of sp³-hybridized carbons (Fsp3) is 0.667. The van der Waals surface area contributed by atoms with E-state index in [2.05, 4.69) is 52.7 Å². The van der Waals surface area contributed by atoms with Crippen molar-refractivity contribution in [3.8, 4) is 0 Å².